The molecule has 1 aliphatic carbocycles. The molecule has 52 heavy (non-hydrogen) atoms. The molecule has 2 N–H and O–H groups in total. The third-order valence-electron chi connectivity index (χ3n) is 13.6. The predicted molar refractivity (Wildman–Crippen MR) is 208 cm³/mol. The number of hydrogen-bond donors (Lipinski definition) is 2. The van der Waals surface area contributed by atoms with E-state index >= 15 is 0 Å². The minimum atomic E-state index is 0.218. The average Bonchev–Trinajstić information content (AvgIpc) is 3.54. The second-order valence-corrected chi connectivity index (χ2v) is 16.6. The van der Waals surface area contributed by atoms with Crippen LogP contribution in [0.15, 0.2) is 60.7 Å². The van der Waals surface area contributed by atoms with Crippen molar-refractivity contribution in [2.45, 2.75) is 69.9 Å². The zero-order valence-electron chi connectivity index (χ0n) is 30.9. The molecule has 3 atom stereocenters. The highest BCUT2D eigenvalue weighted by atomic mass is 16.5. The van der Waals surface area contributed by atoms with Crippen molar-refractivity contribution in [1.82, 2.24) is 15.1 Å². The molecule has 4 saturated heterocycles. The van der Waals surface area contributed by atoms with Gasteiger partial charge in [-0.1, -0.05) is 18.2 Å². The summed E-state index contributed by atoms with van der Waals surface area (Å²) >= 11 is 0. The van der Waals surface area contributed by atoms with Gasteiger partial charge >= 0.3 is 0 Å². The molecule has 1 unspecified atom stereocenters. The van der Waals surface area contributed by atoms with Crippen molar-refractivity contribution in [2.75, 3.05) is 81.9 Å². The molecular formula is C44H57N5O3. The number of aryl methyl sites for hydroxylation is 1. The number of anilines is 2. The van der Waals surface area contributed by atoms with E-state index in [2.05, 4.69) is 73.4 Å². The van der Waals surface area contributed by atoms with Crippen molar-refractivity contribution in [2.24, 2.45) is 17.8 Å². The number of fused-ring (bicyclic) bond motifs is 2. The molecule has 0 radical (unpaired) electrons. The van der Waals surface area contributed by atoms with E-state index in [0.717, 1.165) is 116 Å². The minimum Gasteiger partial charge on any atom is -0.508 e. The van der Waals surface area contributed by atoms with E-state index in [9.17, 15) is 9.90 Å². The summed E-state index contributed by atoms with van der Waals surface area (Å²) < 4.78 is 5.75. The number of aromatic hydroxyl groups is 1. The molecule has 5 heterocycles. The lowest BCUT2D eigenvalue weighted by Gasteiger charge is -2.41. The molecule has 0 spiro atoms. The quantitative estimate of drug-likeness (QED) is 0.301. The lowest BCUT2D eigenvalue weighted by atomic mass is 9.65. The Kier molecular flexibility index (Phi) is 9.89. The number of piperazine rings is 1. The Morgan fingerprint density at radius 1 is 0.769 bits per heavy atom. The van der Waals surface area contributed by atoms with Gasteiger partial charge in [0.1, 0.15) is 5.75 Å². The molecule has 5 aliphatic heterocycles. The molecule has 276 valence electrons. The Balaban J connectivity index is 0.776. The molecule has 1 amide bonds. The molecule has 0 bridgehead atoms. The summed E-state index contributed by atoms with van der Waals surface area (Å²) in [6.45, 7) is 12.3. The Labute approximate surface area is 310 Å². The number of phenols is 1. The van der Waals surface area contributed by atoms with Gasteiger partial charge in [-0.05, 0) is 140 Å². The van der Waals surface area contributed by atoms with Gasteiger partial charge in [0.05, 0.1) is 0 Å². The van der Waals surface area contributed by atoms with Crippen LogP contribution < -0.4 is 15.1 Å². The van der Waals surface area contributed by atoms with E-state index in [0.29, 0.717) is 29.5 Å². The third kappa shape index (κ3) is 6.94. The van der Waals surface area contributed by atoms with Crippen LogP contribution in [0.5, 0.6) is 5.75 Å². The molecule has 9 rings (SSSR count). The number of carbonyl (C=O) groups excluding carboxylic acids is 1. The molecule has 0 saturated carbocycles. The van der Waals surface area contributed by atoms with Gasteiger partial charge in [0.2, 0.25) is 0 Å². The van der Waals surface area contributed by atoms with Gasteiger partial charge in [-0.15, -0.1) is 0 Å². The van der Waals surface area contributed by atoms with Gasteiger partial charge in [0.25, 0.3) is 5.91 Å². The summed E-state index contributed by atoms with van der Waals surface area (Å²) in [6.07, 6.45) is 9.31. The maximum atomic E-state index is 13.2. The van der Waals surface area contributed by atoms with Gasteiger partial charge in [-0.25, -0.2) is 0 Å². The van der Waals surface area contributed by atoms with Crippen LogP contribution in [0.2, 0.25) is 0 Å². The van der Waals surface area contributed by atoms with Crippen molar-refractivity contribution < 1.29 is 14.6 Å². The number of nitrogens with zero attached hydrogens (tertiary/aromatic N) is 4. The zero-order chi connectivity index (χ0) is 35.0. The fourth-order valence-corrected chi connectivity index (χ4v) is 10.7. The summed E-state index contributed by atoms with van der Waals surface area (Å²) in [5.74, 6) is 3.06. The second kappa shape index (κ2) is 15.0. The SMILES string of the molecule is O=C1c2ccc(N3CCN(CC4CCN(c5ccc([C@H]6c7ccc(O)cc7CC[C@H]6C6CCOCC6)cc5)CC4)CC3)cc2CN1C1CCCNC1. The molecule has 8 heteroatoms. The first-order chi connectivity index (χ1) is 25.6. The summed E-state index contributed by atoms with van der Waals surface area (Å²) in [4.78, 5) is 23.1. The summed E-state index contributed by atoms with van der Waals surface area (Å²) in [5.41, 5.74) is 8.91. The molecule has 4 fully saturated rings. The topological polar surface area (TPSA) is 71.5 Å². The van der Waals surface area contributed by atoms with Gasteiger partial charge in [0.15, 0.2) is 0 Å². The number of carbonyl (C=O) groups is 1. The minimum absolute atomic E-state index is 0.218. The fourth-order valence-electron chi connectivity index (χ4n) is 10.7. The van der Waals surface area contributed by atoms with Crippen LogP contribution in [0.25, 0.3) is 0 Å². The molecular weight excluding hydrogens is 647 g/mol. The Hall–Kier alpha value is -3.59. The largest absolute Gasteiger partial charge is 0.508 e. The van der Waals surface area contributed by atoms with Crippen molar-refractivity contribution in [3.05, 3.63) is 88.5 Å². The number of phenolic OH excluding ortho intramolecular Hbond substituents is 1. The molecule has 8 nitrogen and oxygen atoms in total. The molecule has 6 aliphatic rings. The first kappa shape index (κ1) is 34.2. The maximum Gasteiger partial charge on any atom is 0.254 e. The van der Waals surface area contributed by atoms with Gasteiger partial charge in [0, 0.05) is 101 Å². The maximum absolute atomic E-state index is 13.2. The van der Waals surface area contributed by atoms with E-state index in [1.807, 2.05) is 12.1 Å². The van der Waals surface area contributed by atoms with Crippen molar-refractivity contribution in [3.63, 3.8) is 0 Å². The molecule has 3 aromatic rings. The normalized spacial score (nSPS) is 26.4. The van der Waals surface area contributed by atoms with Crippen LogP contribution in [0.4, 0.5) is 11.4 Å². The highest BCUT2D eigenvalue weighted by Crippen LogP contribution is 2.47. The van der Waals surface area contributed by atoms with Gasteiger partial charge in [-0.2, -0.15) is 0 Å². The number of hydrogen-bond acceptors (Lipinski definition) is 7. The smallest absolute Gasteiger partial charge is 0.254 e. The lowest BCUT2D eigenvalue weighted by molar-refractivity contribution is 0.0404. The van der Waals surface area contributed by atoms with Crippen molar-refractivity contribution in [1.29, 1.82) is 0 Å². The van der Waals surface area contributed by atoms with Crippen LogP contribution >= 0.6 is 0 Å². The van der Waals surface area contributed by atoms with E-state index in [1.54, 1.807) is 0 Å². The second-order valence-electron chi connectivity index (χ2n) is 16.6. The number of benzene rings is 3. The number of amides is 1. The Morgan fingerprint density at radius 2 is 1.54 bits per heavy atom. The summed E-state index contributed by atoms with van der Waals surface area (Å²) in [7, 11) is 0. The van der Waals surface area contributed by atoms with E-state index in [4.69, 9.17) is 4.74 Å². The Bertz CT molecular complexity index is 1700. The van der Waals surface area contributed by atoms with Crippen LogP contribution in [0.3, 0.4) is 0 Å². The van der Waals surface area contributed by atoms with Gasteiger partial charge < -0.3 is 29.9 Å². The van der Waals surface area contributed by atoms with E-state index in [-0.39, 0.29) is 5.91 Å². The number of piperidine rings is 2. The van der Waals surface area contributed by atoms with Crippen LogP contribution in [-0.4, -0.2) is 99.0 Å². The van der Waals surface area contributed by atoms with Crippen LogP contribution in [0.1, 0.15) is 83.5 Å². The molecule has 0 aromatic heterocycles. The fraction of sp³-hybridized carbons (Fsp3) is 0.568. The highest BCUT2D eigenvalue weighted by molar-refractivity contribution is 5.99. The summed E-state index contributed by atoms with van der Waals surface area (Å²) in [5, 5.41) is 13.7. The van der Waals surface area contributed by atoms with Crippen LogP contribution in [-0.2, 0) is 17.7 Å². The summed E-state index contributed by atoms with van der Waals surface area (Å²) in [6, 6.07) is 22.5. The van der Waals surface area contributed by atoms with E-state index in [1.165, 1.54) is 59.4 Å². The van der Waals surface area contributed by atoms with Crippen molar-refractivity contribution >= 4 is 17.3 Å². The van der Waals surface area contributed by atoms with Crippen molar-refractivity contribution in [3.8, 4) is 5.75 Å². The Morgan fingerprint density at radius 3 is 2.31 bits per heavy atom. The monoisotopic (exact) mass is 703 g/mol. The predicted octanol–water partition coefficient (Wildman–Crippen LogP) is 6.26. The average molecular weight is 704 g/mol. The molecule has 3 aromatic carbocycles. The van der Waals surface area contributed by atoms with Gasteiger partial charge in [-0.3, -0.25) is 9.69 Å². The first-order valence-electron chi connectivity index (χ1n) is 20.4. The highest BCUT2D eigenvalue weighted by Gasteiger charge is 2.37. The number of ether oxygens (including phenoxy) is 1. The van der Waals surface area contributed by atoms with Crippen LogP contribution in [0, 0.1) is 17.8 Å². The standard InChI is InChI=1S/C44H57N5O3/c50-39-9-12-41-34(27-39)5-10-40(32-15-24-52-25-16-32)43(41)33-3-6-36(7-4-33)47-18-13-31(14-19-47)29-46-20-22-48(23-21-46)37-8-11-42-35(26-37)30-49(44(42)51)38-2-1-17-45-28-38/h3-4,6-9,11-12,26-27,31-32,38,40,43,45,50H,1-2,5,10,13-25,28-30H2/t38?,40-,43+/m0/s1. The third-order valence-corrected chi connectivity index (χ3v) is 13.6. The number of rotatable bonds is 7. The zero-order valence-corrected chi connectivity index (χ0v) is 30.9. The lowest BCUT2D eigenvalue weighted by Crippen LogP contribution is -2.49. The first-order valence-corrected chi connectivity index (χ1v) is 20.4. The van der Waals surface area contributed by atoms with E-state index < -0.39 is 0 Å². The number of nitrogens with one attached hydrogen (secondary N) is 1.